The highest BCUT2D eigenvalue weighted by Gasteiger charge is 2.28. The van der Waals surface area contributed by atoms with Gasteiger partial charge in [0.1, 0.15) is 6.67 Å². The fraction of sp³-hybridized carbons (Fsp3) is 0.400. The molecule has 1 atom stereocenters. The molecule has 0 aliphatic heterocycles. The standard InChI is InChI=1S/C10H11F4NS/c11-6-8(15)5-7-1-3-9(4-2-7)16-10(12,13)14/h1-4,8H,5-6,15H2. The van der Waals surface area contributed by atoms with E-state index in [9.17, 15) is 17.6 Å². The van der Waals surface area contributed by atoms with E-state index in [1.807, 2.05) is 0 Å². The molecule has 0 spiro atoms. The smallest absolute Gasteiger partial charge is 0.325 e. The molecule has 2 N–H and O–H groups in total. The highest BCUT2D eigenvalue weighted by Crippen LogP contribution is 2.36. The Morgan fingerprint density at radius 2 is 1.75 bits per heavy atom. The summed E-state index contributed by atoms with van der Waals surface area (Å²) in [7, 11) is 0. The number of thioether (sulfide) groups is 1. The maximum absolute atomic E-state index is 12.1. The second-order valence-electron chi connectivity index (χ2n) is 3.31. The summed E-state index contributed by atoms with van der Waals surface area (Å²) >= 11 is -0.171. The third-order valence-corrected chi connectivity index (χ3v) is 2.59. The van der Waals surface area contributed by atoms with Gasteiger partial charge in [0.2, 0.25) is 0 Å². The predicted octanol–water partition coefficient (Wildman–Crippen LogP) is 3.14. The van der Waals surface area contributed by atoms with Crippen molar-refractivity contribution >= 4 is 11.8 Å². The maximum atomic E-state index is 12.1. The van der Waals surface area contributed by atoms with Crippen molar-refractivity contribution in [1.29, 1.82) is 0 Å². The topological polar surface area (TPSA) is 26.0 Å². The summed E-state index contributed by atoms with van der Waals surface area (Å²) in [6.45, 7) is -0.640. The van der Waals surface area contributed by atoms with E-state index in [0.29, 0.717) is 6.42 Å². The molecule has 0 saturated carbocycles. The van der Waals surface area contributed by atoms with Gasteiger partial charge in [0, 0.05) is 10.9 Å². The van der Waals surface area contributed by atoms with E-state index in [0.717, 1.165) is 5.56 Å². The van der Waals surface area contributed by atoms with Gasteiger partial charge in [-0.15, -0.1) is 0 Å². The molecule has 1 aromatic rings. The van der Waals surface area contributed by atoms with Crippen molar-refractivity contribution in [3.05, 3.63) is 29.8 Å². The van der Waals surface area contributed by atoms with Gasteiger partial charge in [-0.2, -0.15) is 13.2 Å². The lowest BCUT2D eigenvalue weighted by Gasteiger charge is -2.08. The Hall–Kier alpha value is -0.750. The van der Waals surface area contributed by atoms with Crippen LogP contribution in [0.4, 0.5) is 17.6 Å². The summed E-state index contributed by atoms with van der Waals surface area (Å²) < 4.78 is 48.1. The average molecular weight is 253 g/mol. The highest BCUT2D eigenvalue weighted by atomic mass is 32.2. The molecule has 0 aromatic heterocycles. The summed E-state index contributed by atoms with van der Waals surface area (Å²) in [5.74, 6) is 0. The number of benzene rings is 1. The molecule has 0 saturated heterocycles. The van der Waals surface area contributed by atoms with E-state index in [-0.39, 0.29) is 16.7 Å². The second kappa shape index (κ2) is 5.54. The Bertz CT molecular complexity index is 323. The maximum Gasteiger partial charge on any atom is 0.446 e. The minimum absolute atomic E-state index is 0.116. The zero-order valence-electron chi connectivity index (χ0n) is 8.30. The first-order chi connectivity index (χ1) is 7.40. The number of rotatable bonds is 4. The van der Waals surface area contributed by atoms with Crippen LogP contribution in [0.5, 0.6) is 0 Å². The van der Waals surface area contributed by atoms with Crippen LogP contribution in [0.3, 0.4) is 0 Å². The molecule has 0 aliphatic carbocycles. The van der Waals surface area contributed by atoms with Gasteiger partial charge in [-0.3, -0.25) is 0 Å². The largest absolute Gasteiger partial charge is 0.446 e. The van der Waals surface area contributed by atoms with Gasteiger partial charge in [-0.1, -0.05) is 12.1 Å². The Morgan fingerprint density at radius 3 is 2.19 bits per heavy atom. The van der Waals surface area contributed by atoms with Gasteiger partial charge >= 0.3 is 5.51 Å². The SMILES string of the molecule is NC(CF)Cc1ccc(SC(F)(F)F)cc1. The van der Waals surface area contributed by atoms with Gasteiger partial charge in [0.25, 0.3) is 0 Å². The van der Waals surface area contributed by atoms with Gasteiger partial charge in [-0.25, -0.2) is 4.39 Å². The van der Waals surface area contributed by atoms with Crippen LogP contribution >= 0.6 is 11.8 Å². The van der Waals surface area contributed by atoms with Gasteiger partial charge in [0.05, 0.1) is 0 Å². The summed E-state index contributed by atoms with van der Waals surface area (Å²) in [4.78, 5) is 0.116. The lowest BCUT2D eigenvalue weighted by atomic mass is 10.1. The van der Waals surface area contributed by atoms with Crippen molar-refractivity contribution in [2.45, 2.75) is 22.9 Å². The van der Waals surface area contributed by atoms with Crippen molar-refractivity contribution < 1.29 is 17.6 Å². The Labute approximate surface area is 95.0 Å². The van der Waals surface area contributed by atoms with E-state index in [4.69, 9.17) is 5.73 Å². The van der Waals surface area contributed by atoms with Gasteiger partial charge in [-0.05, 0) is 35.9 Å². The van der Waals surface area contributed by atoms with Crippen molar-refractivity contribution in [3.8, 4) is 0 Å². The van der Waals surface area contributed by atoms with Gasteiger partial charge < -0.3 is 5.73 Å². The van der Waals surface area contributed by atoms with Crippen LogP contribution in [0.2, 0.25) is 0 Å². The van der Waals surface area contributed by atoms with Crippen LogP contribution in [-0.2, 0) is 6.42 Å². The zero-order valence-corrected chi connectivity index (χ0v) is 9.11. The van der Waals surface area contributed by atoms with Crippen molar-refractivity contribution in [1.82, 2.24) is 0 Å². The molecule has 0 heterocycles. The predicted molar refractivity (Wildman–Crippen MR) is 56.0 cm³/mol. The monoisotopic (exact) mass is 253 g/mol. The molecule has 0 fully saturated rings. The third kappa shape index (κ3) is 4.85. The summed E-state index contributed by atoms with van der Waals surface area (Å²) in [6.07, 6.45) is 0.327. The van der Waals surface area contributed by atoms with Crippen molar-refractivity contribution in [2.75, 3.05) is 6.67 Å². The Morgan fingerprint density at radius 1 is 1.19 bits per heavy atom. The van der Waals surface area contributed by atoms with Crippen LogP contribution in [0.1, 0.15) is 5.56 Å². The van der Waals surface area contributed by atoms with Crippen LogP contribution < -0.4 is 5.73 Å². The lowest BCUT2D eigenvalue weighted by Crippen LogP contribution is -2.24. The zero-order chi connectivity index (χ0) is 12.2. The molecule has 6 heteroatoms. The van der Waals surface area contributed by atoms with Crippen molar-refractivity contribution in [2.24, 2.45) is 5.73 Å². The minimum Gasteiger partial charge on any atom is -0.325 e. The third-order valence-electron chi connectivity index (χ3n) is 1.85. The number of hydrogen-bond donors (Lipinski definition) is 1. The van der Waals surface area contributed by atoms with E-state index >= 15 is 0 Å². The average Bonchev–Trinajstić information content (AvgIpc) is 2.18. The number of nitrogens with two attached hydrogens (primary N) is 1. The molecule has 1 rings (SSSR count). The molecular weight excluding hydrogens is 242 g/mol. The molecule has 1 unspecified atom stereocenters. The summed E-state index contributed by atoms with van der Waals surface area (Å²) in [6, 6.07) is 5.19. The minimum atomic E-state index is -4.28. The van der Waals surface area contributed by atoms with E-state index < -0.39 is 18.2 Å². The van der Waals surface area contributed by atoms with Crippen LogP contribution in [0.15, 0.2) is 29.2 Å². The van der Waals surface area contributed by atoms with Crippen molar-refractivity contribution in [3.63, 3.8) is 0 Å². The fourth-order valence-corrected chi connectivity index (χ4v) is 1.72. The Kier molecular flexibility index (Phi) is 4.61. The Balaban J connectivity index is 2.61. The first-order valence-corrected chi connectivity index (χ1v) is 5.38. The quantitative estimate of drug-likeness (QED) is 0.659. The fourth-order valence-electron chi connectivity index (χ4n) is 1.18. The highest BCUT2D eigenvalue weighted by molar-refractivity contribution is 8.00. The lowest BCUT2D eigenvalue weighted by molar-refractivity contribution is -0.0328. The van der Waals surface area contributed by atoms with E-state index in [1.54, 1.807) is 0 Å². The normalized spacial score (nSPS) is 13.8. The first kappa shape index (κ1) is 13.3. The number of hydrogen-bond acceptors (Lipinski definition) is 2. The molecule has 1 nitrogen and oxygen atoms in total. The van der Waals surface area contributed by atoms with E-state index in [2.05, 4.69) is 0 Å². The van der Waals surface area contributed by atoms with Crippen LogP contribution in [0.25, 0.3) is 0 Å². The van der Waals surface area contributed by atoms with E-state index in [1.165, 1.54) is 24.3 Å². The van der Waals surface area contributed by atoms with Crippen LogP contribution in [-0.4, -0.2) is 18.2 Å². The molecule has 0 radical (unpaired) electrons. The summed E-state index contributed by atoms with van der Waals surface area (Å²) in [5, 5.41) is 0. The number of alkyl halides is 4. The van der Waals surface area contributed by atoms with Crippen LogP contribution in [0, 0.1) is 0 Å². The molecular formula is C10H11F4NS. The molecule has 16 heavy (non-hydrogen) atoms. The molecule has 90 valence electrons. The molecule has 0 amide bonds. The second-order valence-corrected chi connectivity index (χ2v) is 4.45. The van der Waals surface area contributed by atoms with Gasteiger partial charge in [0.15, 0.2) is 0 Å². The summed E-state index contributed by atoms with van der Waals surface area (Å²) in [5.41, 5.74) is 1.84. The molecule has 1 aromatic carbocycles. The molecule has 0 bridgehead atoms. The first-order valence-electron chi connectivity index (χ1n) is 4.57. The molecule has 0 aliphatic rings. The number of halogens is 4.